The first-order valence-corrected chi connectivity index (χ1v) is 6.30. The molecule has 0 saturated heterocycles. The second-order valence-electron chi connectivity index (χ2n) is 4.71. The van der Waals surface area contributed by atoms with Crippen LogP contribution in [-0.4, -0.2) is 50.5 Å². The lowest BCUT2D eigenvalue weighted by Crippen LogP contribution is -2.34. The van der Waals surface area contributed by atoms with E-state index in [0.29, 0.717) is 13.1 Å². The van der Waals surface area contributed by atoms with Gasteiger partial charge in [0.25, 0.3) is 0 Å². The van der Waals surface area contributed by atoms with Crippen LogP contribution in [0.5, 0.6) is 11.5 Å². The number of aliphatic hydroxyl groups excluding tert-OH is 1. The zero-order valence-corrected chi connectivity index (χ0v) is 12.1. The normalized spacial score (nSPS) is 12.6. The summed E-state index contributed by atoms with van der Waals surface area (Å²) in [5, 5.41) is 9.57. The highest BCUT2D eigenvalue weighted by molar-refractivity contribution is 5.46. The topological polar surface area (TPSA) is 68.0 Å². The standard InChI is InChI=1S/C14H24N2O3/c1-10-5-12(18-3)6-14(19-4)13(10)9-16(2)8-11(17)7-15/h5-6,11,17H,7-9,15H2,1-4H3. The van der Waals surface area contributed by atoms with E-state index in [2.05, 4.69) is 0 Å². The molecule has 0 bridgehead atoms. The zero-order valence-electron chi connectivity index (χ0n) is 12.1. The number of aryl methyl sites for hydroxylation is 1. The first kappa shape index (κ1) is 15.8. The molecule has 1 unspecified atom stereocenters. The molecule has 0 saturated carbocycles. The van der Waals surface area contributed by atoms with Gasteiger partial charge in [0.05, 0.1) is 20.3 Å². The Bertz CT molecular complexity index is 410. The Morgan fingerprint density at radius 1 is 1.32 bits per heavy atom. The summed E-state index contributed by atoms with van der Waals surface area (Å²) >= 11 is 0. The second-order valence-corrected chi connectivity index (χ2v) is 4.71. The lowest BCUT2D eigenvalue weighted by molar-refractivity contribution is 0.129. The molecule has 108 valence electrons. The van der Waals surface area contributed by atoms with E-state index in [-0.39, 0.29) is 6.54 Å². The largest absolute Gasteiger partial charge is 0.497 e. The van der Waals surface area contributed by atoms with Gasteiger partial charge < -0.3 is 20.3 Å². The number of rotatable bonds is 7. The molecule has 19 heavy (non-hydrogen) atoms. The smallest absolute Gasteiger partial charge is 0.127 e. The molecule has 3 N–H and O–H groups in total. The predicted octanol–water partition coefficient (Wildman–Crippen LogP) is 0.764. The van der Waals surface area contributed by atoms with Gasteiger partial charge in [-0.05, 0) is 25.6 Å². The minimum atomic E-state index is -0.505. The van der Waals surface area contributed by atoms with E-state index in [4.69, 9.17) is 15.2 Å². The van der Waals surface area contributed by atoms with Gasteiger partial charge in [0, 0.05) is 31.3 Å². The van der Waals surface area contributed by atoms with E-state index < -0.39 is 6.10 Å². The number of ether oxygens (including phenoxy) is 2. The van der Waals surface area contributed by atoms with Crippen molar-refractivity contribution < 1.29 is 14.6 Å². The molecule has 1 rings (SSSR count). The van der Waals surface area contributed by atoms with Gasteiger partial charge in [-0.3, -0.25) is 4.90 Å². The molecule has 1 aromatic carbocycles. The van der Waals surface area contributed by atoms with Gasteiger partial charge in [-0.15, -0.1) is 0 Å². The van der Waals surface area contributed by atoms with Crippen molar-refractivity contribution in [1.29, 1.82) is 0 Å². The Morgan fingerprint density at radius 2 is 2.00 bits per heavy atom. The SMILES string of the molecule is COc1cc(C)c(CN(C)CC(O)CN)c(OC)c1. The van der Waals surface area contributed by atoms with Gasteiger partial charge in [-0.1, -0.05) is 0 Å². The summed E-state index contributed by atoms with van der Waals surface area (Å²) in [6, 6.07) is 3.85. The molecule has 0 amide bonds. The predicted molar refractivity (Wildman–Crippen MR) is 75.7 cm³/mol. The number of benzene rings is 1. The van der Waals surface area contributed by atoms with Crippen molar-refractivity contribution in [2.24, 2.45) is 5.73 Å². The minimum Gasteiger partial charge on any atom is -0.497 e. The van der Waals surface area contributed by atoms with Crippen LogP contribution in [0.4, 0.5) is 0 Å². The van der Waals surface area contributed by atoms with Crippen LogP contribution in [-0.2, 0) is 6.54 Å². The summed E-state index contributed by atoms with van der Waals surface area (Å²) in [7, 11) is 5.23. The third-order valence-electron chi connectivity index (χ3n) is 3.08. The van der Waals surface area contributed by atoms with Crippen molar-refractivity contribution in [1.82, 2.24) is 4.90 Å². The molecular formula is C14H24N2O3. The van der Waals surface area contributed by atoms with Crippen molar-refractivity contribution in [3.63, 3.8) is 0 Å². The van der Waals surface area contributed by atoms with E-state index in [1.165, 1.54) is 0 Å². The maximum absolute atomic E-state index is 9.57. The molecule has 0 radical (unpaired) electrons. The average Bonchev–Trinajstić information content (AvgIpc) is 2.40. The number of hydrogen-bond acceptors (Lipinski definition) is 5. The van der Waals surface area contributed by atoms with Crippen LogP contribution < -0.4 is 15.2 Å². The first-order valence-electron chi connectivity index (χ1n) is 6.30. The van der Waals surface area contributed by atoms with Crippen molar-refractivity contribution in [3.8, 4) is 11.5 Å². The van der Waals surface area contributed by atoms with E-state index in [0.717, 1.165) is 22.6 Å². The summed E-state index contributed by atoms with van der Waals surface area (Å²) in [5.41, 5.74) is 7.61. The van der Waals surface area contributed by atoms with Crippen molar-refractivity contribution in [3.05, 3.63) is 23.3 Å². The second kappa shape index (κ2) is 7.33. The fourth-order valence-electron chi connectivity index (χ4n) is 2.02. The quantitative estimate of drug-likeness (QED) is 0.764. The Labute approximate surface area is 114 Å². The van der Waals surface area contributed by atoms with Crippen molar-refractivity contribution >= 4 is 0 Å². The van der Waals surface area contributed by atoms with Crippen molar-refractivity contribution in [2.75, 3.05) is 34.4 Å². The molecule has 5 nitrogen and oxygen atoms in total. The molecule has 0 spiro atoms. The highest BCUT2D eigenvalue weighted by Gasteiger charge is 2.13. The van der Waals surface area contributed by atoms with Crippen LogP contribution in [0.15, 0.2) is 12.1 Å². The van der Waals surface area contributed by atoms with E-state index >= 15 is 0 Å². The minimum absolute atomic E-state index is 0.267. The van der Waals surface area contributed by atoms with Crippen LogP contribution in [0.2, 0.25) is 0 Å². The lowest BCUT2D eigenvalue weighted by Gasteiger charge is -2.22. The third kappa shape index (κ3) is 4.38. The summed E-state index contributed by atoms with van der Waals surface area (Å²) in [4.78, 5) is 2.02. The molecule has 0 fully saturated rings. The molecule has 0 aromatic heterocycles. The van der Waals surface area contributed by atoms with Gasteiger partial charge in [0.15, 0.2) is 0 Å². The number of likely N-dealkylation sites (N-methyl/N-ethyl adjacent to an activating group) is 1. The molecule has 1 atom stereocenters. The van der Waals surface area contributed by atoms with Gasteiger partial charge in [0.1, 0.15) is 11.5 Å². The van der Waals surface area contributed by atoms with Crippen LogP contribution in [0.1, 0.15) is 11.1 Å². The molecule has 0 heterocycles. The lowest BCUT2D eigenvalue weighted by atomic mass is 10.1. The molecular weight excluding hydrogens is 244 g/mol. The number of nitrogens with two attached hydrogens (primary N) is 1. The number of nitrogens with zero attached hydrogens (tertiary/aromatic N) is 1. The maximum atomic E-state index is 9.57. The van der Waals surface area contributed by atoms with Crippen LogP contribution in [0.25, 0.3) is 0 Å². The number of methoxy groups -OCH3 is 2. The highest BCUT2D eigenvalue weighted by Crippen LogP contribution is 2.29. The van der Waals surface area contributed by atoms with Crippen LogP contribution >= 0.6 is 0 Å². The summed E-state index contributed by atoms with van der Waals surface area (Å²) in [5.74, 6) is 1.58. The maximum Gasteiger partial charge on any atom is 0.127 e. The monoisotopic (exact) mass is 268 g/mol. The van der Waals surface area contributed by atoms with E-state index in [1.54, 1.807) is 14.2 Å². The van der Waals surface area contributed by atoms with E-state index in [1.807, 2.05) is 31.0 Å². The Morgan fingerprint density at radius 3 is 2.53 bits per heavy atom. The fraction of sp³-hybridized carbons (Fsp3) is 0.571. The highest BCUT2D eigenvalue weighted by atomic mass is 16.5. The van der Waals surface area contributed by atoms with Gasteiger partial charge in [-0.25, -0.2) is 0 Å². The number of aliphatic hydroxyl groups is 1. The third-order valence-corrected chi connectivity index (χ3v) is 3.08. The molecule has 1 aromatic rings. The van der Waals surface area contributed by atoms with Gasteiger partial charge in [-0.2, -0.15) is 0 Å². The van der Waals surface area contributed by atoms with Gasteiger partial charge in [0.2, 0.25) is 0 Å². The van der Waals surface area contributed by atoms with Crippen LogP contribution in [0, 0.1) is 6.92 Å². The summed E-state index contributed by atoms with van der Waals surface area (Å²) in [6.45, 7) is 3.51. The first-order chi connectivity index (χ1) is 9.01. The van der Waals surface area contributed by atoms with Crippen LogP contribution in [0.3, 0.4) is 0 Å². The van der Waals surface area contributed by atoms with Crippen molar-refractivity contribution in [2.45, 2.75) is 19.6 Å². The molecule has 0 aliphatic heterocycles. The molecule has 0 aliphatic carbocycles. The summed E-state index contributed by atoms with van der Waals surface area (Å²) < 4.78 is 10.6. The molecule has 0 aliphatic rings. The zero-order chi connectivity index (χ0) is 14.4. The Balaban J connectivity index is 2.87. The summed E-state index contributed by atoms with van der Waals surface area (Å²) in [6.07, 6.45) is -0.505. The fourth-order valence-corrected chi connectivity index (χ4v) is 2.02. The number of hydrogen-bond donors (Lipinski definition) is 2. The Hall–Kier alpha value is -1.30. The molecule has 5 heteroatoms. The average molecular weight is 268 g/mol. The van der Waals surface area contributed by atoms with E-state index in [9.17, 15) is 5.11 Å². The van der Waals surface area contributed by atoms with Gasteiger partial charge >= 0.3 is 0 Å². The Kier molecular flexibility index (Phi) is 6.08.